The van der Waals surface area contributed by atoms with Gasteiger partial charge in [-0.25, -0.2) is 0 Å². The van der Waals surface area contributed by atoms with Crippen LogP contribution in [0.1, 0.15) is 25.7 Å². The Kier molecular flexibility index (Phi) is 6.17. The average Bonchev–Trinajstić information content (AvgIpc) is 3.06. The van der Waals surface area contributed by atoms with E-state index in [9.17, 15) is 5.26 Å². The van der Waals surface area contributed by atoms with E-state index in [2.05, 4.69) is 16.3 Å². The summed E-state index contributed by atoms with van der Waals surface area (Å²) in [5, 5.41) is 19.1. The zero-order valence-electron chi connectivity index (χ0n) is 15.3. The van der Waals surface area contributed by atoms with E-state index >= 15 is 0 Å². The molecule has 0 N–H and O–H groups in total. The molecule has 26 heavy (non-hydrogen) atoms. The first-order valence-electron chi connectivity index (χ1n) is 8.83. The van der Waals surface area contributed by atoms with Crippen LogP contribution in [0.5, 0.6) is 5.75 Å². The zero-order chi connectivity index (χ0) is 18.4. The second-order valence-corrected chi connectivity index (χ2v) is 7.62. The number of nitrogens with zero attached hydrogens (tertiary/aromatic N) is 4. The second-order valence-electron chi connectivity index (χ2n) is 6.55. The van der Waals surface area contributed by atoms with E-state index in [0.717, 1.165) is 53.7 Å². The van der Waals surface area contributed by atoms with Crippen molar-refractivity contribution in [2.24, 2.45) is 12.5 Å². The molecular weight excluding hydrogens is 348 g/mol. The highest BCUT2D eigenvalue weighted by Gasteiger charge is 2.31. The average molecular weight is 372 g/mol. The second kappa shape index (κ2) is 8.56. The Bertz CT molecular complexity index is 778. The maximum atomic E-state index is 9.53. The van der Waals surface area contributed by atoms with Crippen molar-refractivity contribution in [1.29, 1.82) is 5.26 Å². The molecule has 0 unspecified atom stereocenters. The molecule has 1 aromatic carbocycles. The Hall–Kier alpha value is -2.04. The van der Waals surface area contributed by atoms with Crippen LogP contribution in [0, 0.1) is 16.7 Å². The zero-order valence-corrected chi connectivity index (χ0v) is 16.1. The maximum absolute atomic E-state index is 9.53. The molecule has 2 heterocycles. The van der Waals surface area contributed by atoms with Gasteiger partial charge >= 0.3 is 0 Å². The minimum Gasteiger partial charge on any atom is -0.497 e. The number of ether oxygens (including phenoxy) is 2. The van der Waals surface area contributed by atoms with Gasteiger partial charge in [-0.05, 0) is 37.8 Å². The third-order valence-corrected chi connectivity index (χ3v) is 5.99. The fraction of sp³-hybridized carbons (Fsp3) is 0.526. The molecule has 0 spiro atoms. The summed E-state index contributed by atoms with van der Waals surface area (Å²) >= 11 is 1.69. The Morgan fingerprint density at radius 1 is 1.35 bits per heavy atom. The van der Waals surface area contributed by atoms with E-state index in [0.29, 0.717) is 13.2 Å². The lowest BCUT2D eigenvalue weighted by Crippen LogP contribution is -2.28. The monoisotopic (exact) mass is 372 g/mol. The van der Waals surface area contributed by atoms with Crippen molar-refractivity contribution < 1.29 is 9.47 Å². The molecule has 1 aliphatic heterocycles. The van der Waals surface area contributed by atoms with Crippen LogP contribution in [-0.2, 0) is 11.8 Å². The molecular formula is C19H24N4O2S. The summed E-state index contributed by atoms with van der Waals surface area (Å²) in [4.78, 5) is 0. The van der Waals surface area contributed by atoms with Crippen molar-refractivity contribution in [1.82, 2.24) is 14.8 Å². The molecule has 0 amide bonds. The van der Waals surface area contributed by atoms with Gasteiger partial charge in [-0.15, -0.1) is 10.2 Å². The number of benzene rings is 1. The number of rotatable bonds is 7. The van der Waals surface area contributed by atoms with Gasteiger partial charge in [-0.1, -0.05) is 23.9 Å². The van der Waals surface area contributed by atoms with Gasteiger partial charge in [0.1, 0.15) is 5.75 Å². The predicted octanol–water partition coefficient (Wildman–Crippen LogP) is 3.68. The lowest BCUT2D eigenvalue weighted by atomic mass is 9.78. The van der Waals surface area contributed by atoms with Gasteiger partial charge < -0.3 is 14.0 Å². The van der Waals surface area contributed by atoms with E-state index in [1.807, 2.05) is 35.9 Å². The topological polar surface area (TPSA) is 73.0 Å². The molecule has 0 aliphatic carbocycles. The number of thioether (sulfide) groups is 1. The van der Waals surface area contributed by atoms with Crippen LogP contribution in [0.4, 0.5) is 0 Å². The summed E-state index contributed by atoms with van der Waals surface area (Å²) in [6.45, 7) is 1.40. The molecule has 0 radical (unpaired) electrons. The Labute approximate surface area is 158 Å². The standard InChI is InChI=1S/C19H24N4O2S/c1-23-17(15-5-3-6-16(13-15)24-2)21-22-18(23)26-12-4-7-19(14-20)8-10-25-11-9-19/h3,5-6,13H,4,7-12H2,1-2H3. The lowest BCUT2D eigenvalue weighted by molar-refractivity contribution is 0.0368. The minimum absolute atomic E-state index is 0.204. The summed E-state index contributed by atoms with van der Waals surface area (Å²) in [6.07, 6.45) is 3.59. The molecule has 2 aromatic rings. The number of methoxy groups -OCH3 is 1. The van der Waals surface area contributed by atoms with Crippen LogP contribution in [0.25, 0.3) is 11.4 Å². The highest BCUT2D eigenvalue weighted by molar-refractivity contribution is 7.99. The fourth-order valence-electron chi connectivity index (χ4n) is 3.21. The minimum atomic E-state index is -0.204. The third kappa shape index (κ3) is 4.19. The third-order valence-electron chi connectivity index (χ3n) is 4.88. The van der Waals surface area contributed by atoms with Crippen LogP contribution >= 0.6 is 11.8 Å². The maximum Gasteiger partial charge on any atom is 0.191 e. The van der Waals surface area contributed by atoms with Crippen molar-refractivity contribution >= 4 is 11.8 Å². The summed E-state index contributed by atoms with van der Waals surface area (Å²) in [7, 11) is 3.63. The summed E-state index contributed by atoms with van der Waals surface area (Å²) < 4.78 is 12.7. The van der Waals surface area contributed by atoms with Crippen LogP contribution in [0.3, 0.4) is 0 Å². The van der Waals surface area contributed by atoms with Gasteiger partial charge in [0, 0.05) is 31.6 Å². The molecule has 1 fully saturated rings. The normalized spacial score (nSPS) is 16.2. The van der Waals surface area contributed by atoms with Gasteiger partial charge in [0.2, 0.25) is 0 Å². The fourth-order valence-corrected chi connectivity index (χ4v) is 4.06. The first kappa shape index (κ1) is 18.7. The number of hydrogen-bond donors (Lipinski definition) is 0. The van der Waals surface area contributed by atoms with Crippen molar-refractivity contribution in [2.45, 2.75) is 30.8 Å². The van der Waals surface area contributed by atoms with Crippen molar-refractivity contribution in [3.8, 4) is 23.2 Å². The number of nitriles is 1. The number of hydrogen-bond acceptors (Lipinski definition) is 6. The van der Waals surface area contributed by atoms with Crippen molar-refractivity contribution in [3.05, 3.63) is 24.3 Å². The molecule has 6 nitrogen and oxygen atoms in total. The van der Waals surface area contributed by atoms with Gasteiger partial charge in [-0.2, -0.15) is 5.26 Å². The van der Waals surface area contributed by atoms with Crippen molar-refractivity contribution in [3.63, 3.8) is 0 Å². The summed E-state index contributed by atoms with van der Waals surface area (Å²) in [5.74, 6) is 2.55. The van der Waals surface area contributed by atoms with Gasteiger partial charge in [-0.3, -0.25) is 0 Å². The van der Waals surface area contributed by atoms with E-state index in [4.69, 9.17) is 9.47 Å². The van der Waals surface area contributed by atoms with Gasteiger partial charge in [0.05, 0.1) is 18.6 Å². The van der Waals surface area contributed by atoms with E-state index in [1.54, 1.807) is 18.9 Å². The van der Waals surface area contributed by atoms with Crippen molar-refractivity contribution in [2.75, 3.05) is 26.1 Å². The molecule has 0 bridgehead atoms. The highest BCUT2D eigenvalue weighted by Crippen LogP contribution is 2.35. The highest BCUT2D eigenvalue weighted by atomic mass is 32.2. The molecule has 1 aromatic heterocycles. The van der Waals surface area contributed by atoms with Crippen LogP contribution in [0.2, 0.25) is 0 Å². The first-order valence-corrected chi connectivity index (χ1v) is 9.82. The Morgan fingerprint density at radius 3 is 2.88 bits per heavy atom. The quantitative estimate of drug-likeness (QED) is 0.545. The smallest absolute Gasteiger partial charge is 0.191 e. The predicted molar refractivity (Wildman–Crippen MR) is 101 cm³/mol. The van der Waals surface area contributed by atoms with Crippen LogP contribution in [-0.4, -0.2) is 40.8 Å². The molecule has 0 saturated carbocycles. The lowest BCUT2D eigenvalue weighted by Gasteiger charge is -2.30. The van der Waals surface area contributed by atoms with Gasteiger partial charge in [0.15, 0.2) is 11.0 Å². The molecule has 3 rings (SSSR count). The number of aromatic nitrogens is 3. The first-order chi connectivity index (χ1) is 12.7. The van der Waals surface area contributed by atoms with E-state index in [1.165, 1.54) is 0 Å². The summed E-state index contributed by atoms with van der Waals surface area (Å²) in [6, 6.07) is 10.4. The SMILES string of the molecule is COc1cccc(-c2nnc(SCCCC3(C#N)CCOCC3)n2C)c1. The molecule has 1 saturated heterocycles. The Balaban J connectivity index is 1.58. The molecule has 7 heteroatoms. The largest absolute Gasteiger partial charge is 0.497 e. The van der Waals surface area contributed by atoms with E-state index < -0.39 is 0 Å². The van der Waals surface area contributed by atoms with Gasteiger partial charge in [0.25, 0.3) is 0 Å². The molecule has 1 aliphatic rings. The van der Waals surface area contributed by atoms with E-state index in [-0.39, 0.29) is 5.41 Å². The Morgan fingerprint density at radius 2 is 2.15 bits per heavy atom. The molecule has 0 atom stereocenters. The van der Waals surface area contributed by atoms with Crippen LogP contribution in [0.15, 0.2) is 29.4 Å². The molecule has 138 valence electrons. The summed E-state index contributed by atoms with van der Waals surface area (Å²) in [5.41, 5.74) is 0.779. The van der Waals surface area contributed by atoms with Crippen LogP contribution < -0.4 is 4.74 Å².